The standard InChI is InChI=1S/C34H22N4/c1-3-9-23(10-4-1)25-21-35-34(36-22-25)38-32-14-8-7-13-27(32)30-19-24-15-16-31-28(29(24)20-33(30)38)17-18-37(31)26-11-5-2-6-12-26/h1-22H. The summed E-state index contributed by atoms with van der Waals surface area (Å²) in [5, 5.41) is 6.06. The van der Waals surface area contributed by atoms with Gasteiger partial charge in [-0.1, -0.05) is 72.8 Å². The van der Waals surface area contributed by atoms with E-state index < -0.39 is 0 Å². The molecule has 0 saturated carbocycles. The summed E-state index contributed by atoms with van der Waals surface area (Å²) in [6.07, 6.45) is 5.99. The summed E-state index contributed by atoms with van der Waals surface area (Å²) in [5.74, 6) is 0.671. The van der Waals surface area contributed by atoms with Gasteiger partial charge in [0.1, 0.15) is 0 Å². The fourth-order valence-electron chi connectivity index (χ4n) is 5.66. The maximum atomic E-state index is 4.83. The summed E-state index contributed by atoms with van der Waals surface area (Å²) < 4.78 is 4.44. The third-order valence-electron chi connectivity index (χ3n) is 7.46. The van der Waals surface area contributed by atoms with Crippen LogP contribution in [0.4, 0.5) is 0 Å². The molecule has 0 saturated heterocycles. The fraction of sp³-hybridized carbons (Fsp3) is 0. The third kappa shape index (κ3) is 3.10. The smallest absolute Gasteiger partial charge is 0.234 e. The quantitative estimate of drug-likeness (QED) is 0.252. The van der Waals surface area contributed by atoms with E-state index in [4.69, 9.17) is 9.97 Å². The molecule has 178 valence electrons. The van der Waals surface area contributed by atoms with Crippen LogP contribution in [0.5, 0.6) is 0 Å². The van der Waals surface area contributed by atoms with Crippen LogP contribution in [0.15, 0.2) is 134 Å². The largest absolute Gasteiger partial charge is 0.317 e. The Kier molecular flexibility index (Phi) is 4.49. The predicted octanol–water partition coefficient (Wildman–Crippen LogP) is 8.34. The van der Waals surface area contributed by atoms with Gasteiger partial charge in [-0.25, -0.2) is 9.97 Å². The Morgan fingerprint density at radius 1 is 0.474 bits per heavy atom. The molecule has 0 amide bonds. The number of aromatic nitrogens is 4. The minimum absolute atomic E-state index is 0.671. The van der Waals surface area contributed by atoms with E-state index in [1.807, 2.05) is 30.6 Å². The number of para-hydroxylation sites is 2. The molecule has 0 radical (unpaired) electrons. The molecule has 8 rings (SSSR count). The van der Waals surface area contributed by atoms with Gasteiger partial charge in [-0.2, -0.15) is 0 Å². The van der Waals surface area contributed by atoms with Crippen LogP contribution in [0.3, 0.4) is 0 Å². The molecule has 0 bridgehead atoms. The zero-order valence-electron chi connectivity index (χ0n) is 20.5. The highest BCUT2D eigenvalue weighted by Crippen LogP contribution is 2.37. The molecule has 4 heteroatoms. The molecule has 5 aromatic carbocycles. The number of benzene rings is 5. The highest BCUT2D eigenvalue weighted by atomic mass is 15.1. The van der Waals surface area contributed by atoms with Crippen LogP contribution >= 0.6 is 0 Å². The third-order valence-corrected chi connectivity index (χ3v) is 7.46. The summed E-state index contributed by atoms with van der Waals surface area (Å²) in [4.78, 5) is 9.66. The number of hydrogen-bond donors (Lipinski definition) is 0. The van der Waals surface area contributed by atoms with Gasteiger partial charge in [0.05, 0.1) is 16.6 Å². The molecule has 0 fully saturated rings. The number of rotatable bonds is 3. The Morgan fingerprint density at radius 2 is 1.18 bits per heavy atom. The maximum Gasteiger partial charge on any atom is 0.234 e. The summed E-state index contributed by atoms with van der Waals surface area (Å²) in [5.41, 5.74) is 6.66. The molecule has 0 aliphatic carbocycles. The summed E-state index contributed by atoms with van der Waals surface area (Å²) >= 11 is 0. The predicted molar refractivity (Wildman–Crippen MR) is 156 cm³/mol. The second-order valence-electron chi connectivity index (χ2n) is 9.60. The van der Waals surface area contributed by atoms with Crippen molar-refractivity contribution >= 4 is 43.5 Å². The van der Waals surface area contributed by atoms with E-state index in [0.29, 0.717) is 5.95 Å². The molecule has 3 heterocycles. The number of nitrogens with zero attached hydrogens (tertiary/aromatic N) is 4. The van der Waals surface area contributed by atoms with Crippen LogP contribution in [0.25, 0.3) is 66.2 Å². The average Bonchev–Trinajstić information content (AvgIpc) is 3.57. The first-order valence-electron chi connectivity index (χ1n) is 12.8. The van der Waals surface area contributed by atoms with Gasteiger partial charge < -0.3 is 4.57 Å². The van der Waals surface area contributed by atoms with Crippen LogP contribution < -0.4 is 0 Å². The van der Waals surface area contributed by atoms with Crippen molar-refractivity contribution in [3.05, 3.63) is 134 Å². The summed E-state index contributed by atoms with van der Waals surface area (Å²) in [6.45, 7) is 0. The number of hydrogen-bond acceptors (Lipinski definition) is 2. The van der Waals surface area contributed by atoms with Crippen molar-refractivity contribution in [2.75, 3.05) is 0 Å². The van der Waals surface area contributed by atoms with Crippen LogP contribution in [0.1, 0.15) is 0 Å². The van der Waals surface area contributed by atoms with Gasteiger partial charge in [0, 0.05) is 46.0 Å². The van der Waals surface area contributed by atoms with Crippen molar-refractivity contribution in [1.82, 2.24) is 19.1 Å². The second kappa shape index (κ2) is 8.15. The Balaban J connectivity index is 1.38. The molecule has 0 aliphatic heterocycles. The van der Waals surface area contributed by atoms with Crippen molar-refractivity contribution in [2.45, 2.75) is 0 Å². The number of fused-ring (bicyclic) bond motifs is 6. The first-order chi connectivity index (χ1) is 18.8. The van der Waals surface area contributed by atoms with Gasteiger partial charge in [0.2, 0.25) is 5.95 Å². The molecule has 0 atom stereocenters. The van der Waals surface area contributed by atoms with Crippen molar-refractivity contribution in [1.29, 1.82) is 0 Å². The normalized spacial score (nSPS) is 11.7. The van der Waals surface area contributed by atoms with E-state index >= 15 is 0 Å². The Hall–Kier alpha value is -5.22. The molecular weight excluding hydrogens is 464 g/mol. The van der Waals surface area contributed by atoms with Gasteiger partial charge in [0.25, 0.3) is 0 Å². The highest BCUT2D eigenvalue weighted by Gasteiger charge is 2.16. The Labute approximate surface area is 219 Å². The van der Waals surface area contributed by atoms with Crippen LogP contribution in [0.2, 0.25) is 0 Å². The Morgan fingerprint density at radius 3 is 2.00 bits per heavy atom. The molecule has 4 nitrogen and oxygen atoms in total. The molecular formula is C34H22N4. The fourth-order valence-corrected chi connectivity index (χ4v) is 5.66. The lowest BCUT2D eigenvalue weighted by Gasteiger charge is -2.09. The van der Waals surface area contributed by atoms with E-state index in [9.17, 15) is 0 Å². The van der Waals surface area contributed by atoms with Crippen molar-refractivity contribution in [2.24, 2.45) is 0 Å². The first kappa shape index (κ1) is 20.9. The zero-order valence-corrected chi connectivity index (χ0v) is 20.5. The van der Waals surface area contributed by atoms with Crippen LogP contribution in [0, 0.1) is 0 Å². The summed E-state index contributed by atoms with van der Waals surface area (Å²) in [6, 6.07) is 40.5. The van der Waals surface area contributed by atoms with Gasteiger partial charge in [-0.05, 0) is 58.8 Å². The average molecular weight is 487 g/mol. The van der Waals surface area contributed by atoms with Gasteiger partial charge >= 0.3 is 0 Å². The van der Waals surface area contributed by atoms with E-state index in [1.54, 1.807) is 0 Å². The summed E-state index contributed by atoms with van der Waals surface area (Å²) in [7, 11) is 0. The molecule has 0 unspecified atom stereocenters. The minimum Gasteiger partial charge on any atom is -0.317 e. The molecule has 3 aromatic heterocycles. The van der Waals surface area contributed by atoms with E-state index in [-0.39, 0.29) is 0 Å². The van der Waals surface area contributed by atoms with Crippen molar-refractivity contribution < 1.29 is 0 Å². The van der Waals surface area contributed by atoms with E-state index in [0.717, 1.165) is 27.8 Å². The molecule has 0 N–H and O–H groups in total. The van der Waals surface area contributed by atoms with Gasteiger partial charge in [0.15, 0.2) is 0 Å². The molecule has 0 spiro atoms. The first-order valence-corrected chi connectivity index (χ1v) is 12.8. The monoisotopic (exact) mass is 486 g/mol. The van der Waals surface area contributed by atoms with Gasteiger partial charge in [-0.3, -0.25) is 4.57 Å². The second-order valence-corrected chi connectivity index (χ2v) is 9.60. The zero-order chi connectivity index (χ0) is 25.1. The van der Waals surface area contributed by atoms with E-state index in [1.165, 1.54) is 32.4 Å². The van der Waals surface area contributed by atoms with Crippen molar-refractivity contribution in [3.63, 3.8) is 0 Å². The minimum atomic E-state index is 0.671. The van der Waals surface area contributed by atoms with E-state index in [2.05, 4.69) is 112 Å². The van der Waals surface area contributed by atoms with Gasteiger partial charge in [-0.15, -0.1) is 0 Å². The lowest BCUT2D eigenvalue weighted by atomic mass is 10.0. The lowest BCUT2D eigenvalue weighted by Crippen LogP contribution is -2.00. The molecule has 0 aliphatic rings. The molecule has 38 heavy (non-hydrogen) atoms. The highest BCUT2D eigenvalue weighted by molar-refractivity contribution is 6.17. The topological polar surface area (TPSA) is 35.6 Å². The van der Waals surface area contributed by atoms with Crippen molar-refractivity contribution in [3.8, 4) is 22.8 Å². The maximum absolute atomic E-state index is 4.83. The lowest BCUT2D eigenvalue weighted by molar-refractivity contribution is 0.990. The van der Waals surface area contributed by atoms with Crippen LogP contribution in [-0.4, -0.2) is 19.1 Å². The Bertz CT molecular complexity index is 2100. The SMILES string of the molecule is c1ccc(-c2cnc(-n3c4ccccc4c4cc5ccc6c(ccn6-c6ccccc6)c5cc43)nc2)cc1. The van der Waals surface area contributed by atoms with Crippen LogP contribution in [-0.2, 0) is 0 Å². The molecule has 8 aromatic rings.